The molecular formula is C22H27ClN2O. The maximum absolute atomic E-state index is 12.4. The zero-order chi connectivity index (χ0) is 18.2. The summed E-state index contributed by atoms with van der Waals surface area (Å²) in [7, 11) is 0. The minimum Gasteiger partial charge on any atom is -0.342 e. The van der Waals surface area contributed by atoms with Crippen molar-refractivity contribution >= 4 is 17.5 Å². The van der Waals surface area contributed by atoms with E-state index in [1.54, 1.807) is 0 Å². The molecule has 1 aliphatic heterocycles. The van der Waals surface area contributed by atoms with Crippen molar-refractivity contribution in [1.29, 1.82) is 0 Å². The first kappa shape index (κ1) is 18.9. The highest BCUT2D eigenvalue weighted by atomic mass is 35.5. The molecule has 138 valence electrons. The van der Waals surface area contributed by atoms with Crippen LogP contribution in [-0.4, -0.2) is 37.0 Å². The van der Waals surface area contributed by atoms with E-state index in [0.717, 1.165) is 50.3 Å². The second-order valence-corrected chi connectivity index (χ2v) is 7.51. The number of nitrogens with zero attached hydrogens (tertiary/aromatic N) is 1. The number of hydrogen-bond acceptors (Lipinski definition) is 2. The SMILES string of the molecule is O=C(CNCCc1cccc(Cl)c1)N1CCC(Cc2ccccc2)CC1. The van der Waals surface area contributed by atoms with Gasteiger partial charge in [0.1, 0.15) is 0 Å². The van der Waals surface area contributed by atoms with E-state index in [4.69, 9.17) is 11.6 Å². The van der Waals surface area contributed by atoms with Crippen molar-refractivity contribution in [3.05, 3.63) is 70.7 Å². The fourth-order valence-electron chi connectivity index (χ4n) is 3.57. The number of likely N-dealkylation sites (tertiary alicyclic amines) is 1. The Balaban J connectivity index is 1.33. The second kappa shape index (κ2) is 9.75. The monoisotopic (exact) mass is 370 g/mol. The molecule has 2 aromatic rings. The number of benzene rings is 2. The molecule has 0 spiro atoms. The molecule has 1 amide bonds. The number of carbonyl (C=O) groups excluding carboxylic acids is 1. The van der Waals surface area contributed by atoms with Gasteiger partial charge in [0.15, 0.2) is 0 Å². The third kappa shape index (κ3) is 5.86. The van der Waals surface area contributed by atoms with Gasteiger partial charge < -0.3 is 10.2 Å². The molecule has 0 saturated carbocycles. The summed E-state index contributed by atoms with van der Waals surface area (Å²) in [6, 6.07) is 18.5. The van der Waals surface area contributed by atoms with E-state index in [2.05, 4.69) is 41.7 Å². The van der Waals surface area contributed by atoms with Crippen LogP contribution in [0.4, 0.5) is 0 Å². The normalized spacial score (nSPS) is 15.2. The Morgan fingerprint density at radius 3 is 2.50 bits per heavy atom. The van der Waals surface area contributed by atoms with Crippen molar-refractivity contribution in [1.82, 2.24) is 10.2 Å². The molecule has 1 aliphatic rings. The maximum Gasteiger partial charge on any atom is 0.236 e. The maximum atomic E-state index is 12.4. The molecule has 0 aromatic heterocycles. The van der Waals surface area contributed by atoms with Gasteiger partial charge in [-0.15, -0.1) is 0 Å². The standard InChI is InChI=1S/C22H27ClN2O/c23-21-8-4-7-19(16-21)9-12-24-17-22(26)25-13-10-20(11-14-25)15-18-5-2-1-3-6-18/h1-8,16,20,24H,9-15,17H2. The molecule has 0 bridgehead atoms. The third-order valence-corrected chi connectivity index (χ3v) is 5.33. The Kier molecular flexibility index (Phi) is 7.10. The molecule has 0 aliphatic carbocycles. The minimum absolute atomic E-state index is 0.217. The van der Waals surface area contributed by atoms with Crippen molar-refractivity contribution in [2.75, 3.05) is 26.2 Å². The largest absolute Gasteiger partial charge is 0.342 e. The lowest BCUT2D eigenvalue weighted by molar-refractivity contribution is -0.131. The zero-order valence-corrected chi connectivity index (χ0v) is 15.9. The first-order chi connectivity index (χ1) is 12.7. The van der Waals surface area contributed by atoms with Crippen LogP contribution in [0.15, 0.2) is 54.6 Å². The number of nitrogens with one attached hydrogen (secondary N) is 1. The molecule has 1 heterocycles. The summed E-state index contributed by atoms with van der Waals surface area (Å²) in [5.74, 6) is 0.909. The van der Waals surface area contributed by atoms with E-state index in [9.17, 15) is 4.79 Å². The molecule has 0 atom stereocenters. The first-order valence-electron chi connectivity index (χ1n) is 9.47. The quantitative estimate of drug-likeness (QED) is 0.748. The van der Waals surface area contributed by atoms with Crippen LogP contribution >= 0.6 is 11.6 Å². The fourth-order valence-corrected chi connectivity index (χ4v) is 3.78. The number of amides is 1. The van der Waals surface area contributed by atoms with Gasteiger partial charge in [0.05, 0.1) is 6.54 Å². The Hall–Kier alpha value is -1.84. The predicted molar refractivity (Wildman–Crippen MR) is 107 cm³/mol. The van der Waals surface area contributed by atoms with Crippen molar-refractivity contribution in [2.24, 2.45) is 5.92 Å². The van der Waals surface area contributed by atoms with E-state index < -0.39 is 0 Å². The third-order valence-electron chi connectivity index (χ3n) is 5.09. The Morgan fingerprint density at radius 2 is 1.77 bits per heavy atom. The van der Waals surface area contributed by atoms with Gasteiger partial charge in [0, 0.05) is 18.1 Å². The second-order valence-electron chi connectivity index (χ2n) is 7.07. The van der Waals surface area contributed by atoms with Crippen LogP contribution in [0.25, 0.3) is 0 Å². The highest BCUT2D eigenvalue weighted by Gasteiger charge is 2.22. The molecule has 4 heteroatoms. The van der Waals surface area contributed by atoms with E-state index in [1.807, 2.05) is 23.1 Å². The van der Waals surface area contributed by atoms with Gasteiger partial charge in [-0.2, -0.15) is 0 Å². The molecule has 26 heavy (non-hydrogen) atoms. The number of piperidine rings is 1. The van der Waals surface area contributed by atoms with Gasteiger partial charge in [-0.25, -0.2) is 0 Å². The van der Waals surface area contributed by atoms with Crippen LogP contribution in [0.2, 0.25) is 5.02 Å². The van der Waals surface area contributed by atoms with Crippen LogP contribution in [0.5, 0.6) is 0 Å². The van der Waals surface area contributed by atoms with E-state index >= 15 is 0 Å². The van der Waals surface area contributed by atoms with Gasteiger partial charge in [-0.3, -0.25) is 4.79 Å². The highest BCUT2D eigenvalue weighted by molar-refractivity contribution is 6.30. The lowest BCUT2D eigenvalue weighted by Gasteiger charge is -2.32. The predicted octanol–water partition coefficient (Wildman–Crippen LogP) is 3.95. The molecule has 1 saturated heterocycles. The molecule has 3 rings (SSSR count). The Labute approximate surface area is 161 Å². The van der Waals surface area contributed by atoms with Crippen molar-refractivity contribution in [2.45, 2.75) is 25.7 Å². The lowest BCUT2D eigenvalue weighted by atomic mass is 9.90. The molecule has 0 radical (unpaired) electrons. The molecule has 0 unspecified atom stereocenters. The summed E-state index contributed by atoms with van der Waals surface area (Å²) >= 11 is 5.99. The molecule has 1 N–H and O–H groups in total. The van der Waals surface area contributed by atoms with E-state index in [-0.39, 0.29) is 5.91 Å². The average Bonchev–Trinajstić information content (AvgIpc) is 2.66. The topological polar surface area (TPSA) is 32.3 Å². The van der Waals surface area contributed by atoms with E-state index in [1.165, 1.54) is 11.1 Å². The summed E-state index contributed by atoms with van der Waals surface area (Å²) in [6.45, 7) is 2.97. The van der Waals surface area contributed by atoms with Gasteiger partial charge in [0.25, 0.3) is 0 Å². The average molecular weight is 371 g/mol. The molecule has 1 fully saturated rings. The number of rotatable bonds is 7. The zero-order valence-electron chi connectivity index (χ0n) is 15.2. The fraction of sp³-hybridized carbons (Fsp3) is 0.409. The van der Waals surface area contributed by atoms with Gasteiger partial charge in [-0.05, 0) is 61.4 Å². The van der Waals surface area contributed by atoms with Crippen LogP contribution in [0.3, 0.4) is 0 Å². The van der Waals surface area contributed by atoms with Crippen molar-refractivity contribution in [3.8, 4) is 0 Å². The smallest absolute Gasteiger partial charge is 0.236 e. The van der Waals surface area contributed by atoms with Crippen LogP contribution in [-0.2, 0) is 17.6 Å². The Bertz CT molecular complexity index is 696. The van der Waals surface area contributed by atoms with Crippen LogP contribution in [0.1, 0.15) is 24.0 Å². The van der Waals surface area contributed by atoms with Crippen LogP contribution < -0.4 is 5.32 Å². The summed E-state index contributed by atoms with van der Waals surface area (Å²) in [5.41, 5.74) is 2.60. The number of carbonyl (C=O) groups is 1. The summed E-state index contributed by atoms with van der Waals surface area (Å²) in [4.78, 5) is 14.4. The lowest BCUT2D eigenvalue weighted by Crippen LogP contribution is -2.43. The molecule has 3 nitrogen and oxygen atoms in total. The molecule has 2 aromatic carbocycles. The van der Waals surface area contributed by atoms with Crippen molar-refractivity contribution in [3.63, 3.8) is 0 Å². The summed E-state index contributed by atoms with van der Waals surface area (Å²) < 4.78 is 0. The summed E-state index contributed by atoms with van der Waals surface area (Å²) in [6.07, 6.45) is 4.21. The van der Waals surface area contributed by atoms with Gasteiger partial charge in [-0.1, -0.05) is 54.1 Å². The number of halogens is 1. The van der Waals surface area contributed by atoms with Crippen LogP contribution in [0, 0.1) is 5.92 Å². The highest BCUT2D eigenvalue weighted by Crippen LogP contribution is 2.21. The number of hydrogen-bond donors (Lipinski definition) is 1. The molecular weight excluding hydrogens is 344 g/mol. The summed E-state index contributed by atoms with van der Waals surface area (Å²) in [5, 5.41) is 4.03. The van der Waals surface area contributed by atoms with Crippen molar-refractivity contribution < 1.29 is 4.79 Å². The minimum atomic E-state index is 0.217. The Morgan fingerprint density at radius 1 is 1.04 bits per heavy atom. The van der Waals surface area contributed by atoms with E-state index in [0.29, 0.717) is 12.5 Å². The first-order valence-corrected chi connectivity index (χ1v) is 9.85. The van der Waals surface area contributed by atoms with Gasteiger partial charge >= 0.3 is 0 Å². The van der Waals surface area contributed by atoms with Gasteiger partial charge in [0.2, 0.25) is 5.91 Å².